The Balaban J connectivity index is 1.55. The van der Waals surface area contributed by atoms with Gasteiger partial charge in [0.2, 0.25) is 11.8 Å². The molecule has 1 atom stereocenters. The van der Waals surface area contributed by atoms with Crippen LogP contribution in [0.2, 0.25) is 0 Å². The predicted molar refractivity (Wildman–Crippen MR) is 145 cm³/mol. The van der Waals surface area contributed by atoms with Crippen LogP contribution in [0.1, 0.15) is 61.3 Å². The van der Waals surface area contributed by atoms with E-state index < -0.39 is 6.04 Å². The second-order valence-electron chi connectivity index (χ2n) is 9.46. The third-order valence-electron chi connectivity index (χ3n) is 6.79. The summed E-state index contributed by atoms with van der Waals surface area (Å²) in [4.78, 5) is 29.1. The summed E-state index contributed by atoms with van der Waals surface area (Å²) >= 11 is 0. The fraction of sp³-hybridized carbons (Fsp3) is 0.312. The van der Waals surface area contributed by atoms with Crippen molar-refractivity contribution in [2.75, 3.05) is 6.54 Å². The van der Waals surface area contributed by atoms with Crippen LogP contribution < -0.4 is 5.32 Å². The van der Waals surface area contributed by atoms with Crippen molar-refractivity contribution < 1.29 is 9.59 Å². The van der Waals surface area contributed by atoms with Gasteiger partial charge in [-0.3, -0.25) is 9.59 Å². The number of amides is 2. The van der Waals surface area contributed by atoms with Crippen LogP contribution in [0.15, 0.2) is 103 Å². The van der Waals surface area contributed by atoms with Gasteiger partial charge in [-0.05, 0) is 55.2 Å². The van der Waals surface area contributed by atoms with E-state index in [2.05, 4.69) is 11.4 Å². The van der Waals surface area contributed by atoms with Crippen molar-refractivity contribution in [2.45, 2.75) is 57.5 Å². The molecule has 1 aliphatic carbocycles. The Labute approximate surface area is 215 Å². The maximum absolute atomic E-state index is 13.7. The van der Waals surface area contributed by atoms with Gasteiger partial charge in [0, 0.05) is 19.5 Å². The molecule has 3 aromatic carbocycles. The number of nitrogens with zero attached hydrogens (tertiary/aromatic N) is 1. The smallest absolute Gasteiger partial charge is 0.247 e. The molecule has 0 bridgehead atoms. The van der Waals surface area contributed by atoms with Gasteiger partial charge in [0.05, 0.1) is 0 Å². The van der Waals surface area contributed by atoms with Crippen LogP contribution in [-0.4, -0.2) is 23.3 Å². The van der Waals surface area contributed by atoms with E-state index in [1.54, 1.807) is 4.90 Å². The van der Waals surface area contributed by atoms with Crippen LogP contribution in [0.5, 0.6) is 0 Å². The number of carbonyl (C=O) groups is 2. The molecule has 0 spiro atoms. The molecule has 1 aliphatic rings. The SMILES string of the molecule is O=C(NCCC1=CCCCC1)C(c1ccccc1)N(Cc1ccccc1)C(=O)CCc1ccccc1. The Kier molecular flexibility index (Phi) is 9.49. The summed E-state index contributed by atoms with van der Waals surface area (Å²) in [6, 6.07) is 28.9. The highest BCUT2D eigenvalue weighted by Gasteiger charge is 2.31. The molecular formula is C32H36N2O2. The fourth-order valence-electron chi connectivity index (χ4n) is 4.83. The average molecular weight is 481 g/mol. The Morgan fingerprint density at radius 3 is 2.06 bits per heavy atom. The summed E-state index contributed by atoms with van der Waals surface area (Å²) in [5.41, 5.74) is 4.38. The van der Waals surface area contributed by atoms with E-state index in [9.17, 15) is 9.59 Å². The molecule has 186 valence electrons. The first-order chi connectivity index (χ1) is 17.7. The maximum Gasteiger partial charge on any atom is 0.247 e. The van der Waals surface area contributed by atoms with Gasteiger partial charge in [-0.1, -0.05) is 103 Å². The van der Waals surface area contributed by atoms with Gasteiger partial charge in [-0.15, -0.1) is 0 Å². The van der Waals surface area contributed by atoms with Crippen molar-refractivity contribution in [3.8, 4) is 0 Å². The number of benzene rings is 3. The van der Waals surface area contributed by atoms with E-state index in [1.165, 1.54) is 18.4 Å². The molecule has 0 heterocycles. The number of rotatable bonds is 11. The predicted octanol–water partition coefficient (Wildman–Crippen LogP) is 6.40. The van der Waals surface area contributed by atoms with Crippen molar-refractivity contribution in [1.82, 2.24) is 10.2 Å². The minimum Gasteiger partial charge on any atom is -0.354 e. The molecule has 4 heteroatoms. The summed E-state index contributed by atoms with van der Waals surface area (Å²) in [6.45, 7) is 0.970. The standard InChI is InChI=1S/C32H36N2O2/c35-30(22-21-26-13-5-1-6-14-26)34(25-28-17-9-3-10-18-28)31(29-19-11-4-12-20-29)32(36)33-24-23-27-15-7-2-8-16-27/h1,3-6,9-15,17-20,31H,2,7-8,16,21-25H2,(H,33,36). The van der Waals surface area contributed by atoms with Gasteiger partial charge in [0.1, 0.15) is 6.04 Å². The second kappa shape index (κ2) is 13.4. The molecule has 36 heavy (non-hydrogen) atoms. The topological polar surface area (TPSA) is 49.4 Å². The fourth-order valence-corrected chi connectivity index (χ4v) is 4.83. The molecular weight excluding hydrogens is 444 g/mol. The molecule has 0 saturated heterocycles. The van der Waals surface area contributed by atoms with E-state index in [1.807, 2.05) is 91.0 Å². The van der Waals surface area contributed by atoms with Crippen molar-refractivity contribution in [2.24, 2.45) is 0 Å². The number of aryl methyl sites for hydroxylation is 1. The van der Waals surface area contributed by atoms with E-state index in [-0.39, 0.29) is 11.8 Å². The highest BCUT2D eigenvalue weighted by Crippen LogP contribution is 2.26. The first-order valence-electron chi connectivity index (χ1n) is 13.1. The first-order valence-corrected chi connectivity index (χ1v) is 13.1. The zero-order chi connectivity index (χ0) is 25.0. The monoisotopic (exact) mass is 480 g/mol. The Morgan fingerprint density at radius 2 is 1.42 bits per heavy atom. The highest BCUT2D eigenvalue weighted by atomic mass is 16.2. The lowest BCUT2D eigenvalue weighted by Gasteiger charge is -2.32. The number of allylic oxidation sites excluding steroid dienone is 1. The van der Waals surface area contributed by atoms with Gasteiger partial charge >= 0.3 is 0 Å². The molecule has 1 unspecified atom stereocenters. The maximum atomic E-state index is 13.7. The van der Waals surface area contributed by atoms with Crippen LogP contribution in [-0.2, 0) is 22.6 Å². The lowest BCUT2D eigenvalue weighted by atomic mass is 9.97. The number of hydrogen-bond donors (Lipinski definition) is 1. The molecule has 0 radical (unpaired) electrons. The number of nitrogens with one attached hydrogen (secondary N) is 1. The van der Waals surface area contributed by atoms with Gasteiger partial charge in [-0.2, -0.15) is 0 Å². The quantitative estimate of drug-likeness (QED) is 0.323. The van der Waals surface area contributed by atoms with E-state index in [0.29, 0.717) is 25.9 Å². The molecule has 4 rings (SSSR count). The van der Waals surface area contributed by atoms with Crippen molar-refractivity contribution >= 4 is 11.8 Å². The third kappa shape index (κ3) is 7.42. The lowest BCUT2D eigenvalue weighted by molar-refractivity contribution is -0.141. The van der Waals surface area contributed by atoms with Crippen LogP contribution in [0.3, 0.4) is 0 Å². The van der Waals surface area contributed by atoms with Crippen molar-refractivity contribution in [3.05, 3.63) is 119 Å². The molecule has 3 aromatic rings. The number of carbonyl (C=O) groups excluding carboxylic acids is 2. The van der Waals surface area contributed by atoms with Gasteiger partial charge in [0.25, 0.3) is 0 Å². The Hall–Kier alpha value is -3.66. The molecule has 0 aromatic heterocycles. The molecule has 0 saturated carbocycles. The molecule has 0 aliphatic heterocycles. The first kappa shape index (κ1) is 25.4. The van der Waals surface area contributed by atoms with Crippen LogP contribution in [0, 0.1) is 0 Å². The molecule has 1 N–H and O–H groups in total. The molecule has 0 fully saturated rings. The van der Waals surface area contributed by atoms with Gasteiger partial charge in [-0.25, -0.2) is 0 Å². The Morgan fingerprint density at radius 1 is 0.778 bits per heavy atom. The lowest BCUT2D eigenvalue weighted by Crippen LogP contribution is -2.43. The summed E-state index contributed by atoms with van der Waals surface area (Å²) < 4.78 is 0. The molecule has 4 nitrogen and oxygen atoms in total. The zero-order valence-corrected chi connectivity index (χ0v) is 20.9. The van der Waals surface area contributed by atoms with Crippen LogP contribution in [0.4, 0.5) is 0 Å². The van der Waals surface area contributed by atoms with Crippen molar-refractivity contribution in [3.63, 3.8) is 0 Å². The van der Waals surface area contributed by atoms with Gasteiger partial charge < -0.3 is 10.2 Å². The number of hydrogen-bond acceptors (Lipinski definition) is 2. The average Bonchev–Trinajstić information content (AvgIpc) is 2.94. The minimum absolute atomic E-state index is 0.0262. The van der Waals surface area contributed by atoms with Crippen LogP contribution in [0.25, 0.3) is 0 Å². The molecule has 2 amide bonds. The summed E-state index contributed by atoms with van der Waals surface area (Å²) in [5.74, 6) is -0.150. The summed E-state index contributed by atoms with van der Waals surface area (Å²) in [5, 5.41) is 3.15. The van der Waals surface area contributed by atoms with E-state index in [0.717, 1.165) is 36.0 Å². The van der Waals surface area contributed by atoms with Gasteiger partial charge in [0.15, 0.2) is 0 Å². The Bertz CT molecular complexity index is 1130. The van der Waals surface area contributed by atoms with E-state index >= 15 is 0 Å². The van der Waals surface area contributed by atoms with Crippen LogP contribution >= 0.6 is 0 Å². The third-order valence-corrected chi connectivity index (χ3v) is 6.79. The van der Waals surface area contributed by atoms with Crippen molar-refractivity contribution in [1.29, 1.82) is 0 Å². The normalized spacial score (nSPS) is 13.9. The zero-order valence-electron chi connectivity index (χ0n) is 20.9. The summed E-state index contributed by atoms with van der Waals surface area (Å²) in [7, 11) is 0. The minimum atomic E-state index is -0.685. The largest absolute Gasteiger partial charge is 0.354 e. The second-order valence-corrected chi connectivity index (χ2v) is 9.46. The highest BCUT2D eigenvalue weighted by molar-refractivity contribution is 5.88. The van der Waals surface area contributed by atoms with E-state index in [4.69, 9.17) is 0 Å². The summed E-state index contributed by atoms with van der Waals surface area (Å²) in [6.07, 6.45) is 8.92.